The molecule has 0 spiro atoms. The first-order valence-corrected chi connectivity index (χ1v) is 15.2. The van der Waals surface area contributed by atoms with Crippen LogP contribution in [0.5, 0.6) is 0 Å². The normalized spacial score (nSPS) is 11.5. The standard InChI is InChI=1S/C41H25N5/c1-2-21-42-36(5-1)37-19-16-29-11-13-32(25-39(29)46-37)35-18-15-28-10-12-31(24-38(28)45-35)26-6-8-27(9-7-26)33-20-23-44-41-34(33)17-14-30-4-3-22-43-40(30)41/h1-25H. The lowest BCUT2D eigenvalue weighted by Crippen LogP contribution is -1.90. The molecule has 0 N–H and O–H groups in total. The highest BCUT2D eigenvalue weighted by atomic mass is 14.8. The zero-order chi connectivity index (χ0) is 30.5. The van der Waals surface area contributed by atoms with Gasteiger partial charge in [-0.25, -0.2) is 9.97 Å². The van der Waals surface area contributed by atoms with Gasteiger partial charge in [-0.05, 0) is 70.8 Å². The van der Waals surface area contributed by atoms with Crippen molar-refractivity contribution in [2.45, 2.75) is 0 Å². The van der Waals surface area contributed by atoms with Gasteiger partial charge in [-0.3, -0.25) is 15.0 Å². The predicted molar refractivity (Wildman–Crippen MR) is 187 cm³/mol. The molecule has 5 heterocycles. The maximum absolute atomic E-state index is 5.09. The maximum Gasteiger partial charge on any atom is 0.0970 e. The van der Waals surface area contributed by atoms with Crippen LogP contribution in [0.3, 0.4) is 0 Å². The second kappa shape index (κ2) is 10.7. The summed E-state index contributed by atoms with van der Waals surface area (Å²) in [5.74, 6) is 0. The number of hydrogen-bond donors (Lipinski definition) is 0. The van der Waals surface area contributed by atoms with Crippen molar-refractivity contribution in [3.8, 4) is 44.9 Å². The van der Waals surface area contributed by atoms with Crippen molar-refractivity contribution in [1.82, 2.24) is 24.9 Å². The Morgan fingerprint density at radius 3 is 1.83 bits per heavy atom. The number of nitrogens with zero attached hydrogens (tertiary/aromatic N) is 5. The number of hydrogen-bond acceptors (Lipinski definition) is 5. The predicted octanol–water partition coefficient (Wildman–Crippen LogP) is 9.94. The van der Waals surface area contributed by atoms with E-state index in [-0.39, 0.29) is 0 Å². The van der Waals surface area contributed by atoms with Gasteiger partial charge in [0.15, 0.2) is 0 Å². The van der Waals surface area contributed by atoms with Crippen LogP contribution in [0.1, 0.15) is 0 Å². The van der Waals surface area contributed by atoms with E-state index >= 15 is 0 Å². The van der Waals surface area contributed by atoms with E-state index in [0.29, 0.717) is 0 Å². The lowest BCUT2D eigenvalue weighted by Gasteiger charge is -2.10. The van der Waals surface area contributed by atoms with Crippen molar-refractivity contribution < 1.29 is 0 Å². The van der Waals surface area contributed by atoms with E-state index in [9.17, 15) is 0 Å². The summed E-state index contributed by atoms with van der Waals surface area (Å²) >= 11 is 0. The molecular formula is C41H25N5. The number of aromatic nitrogens is 5. The van der Waals surface area contributed by atoms with Crippen molar-refractivity contribution in [2.24, 2.45) is 0 Å². The van der Waals surface area contributed by atoms with Crippen molar-refractivity contribution in [3.05, 3.63) is 152 Å². The summed E-state index contributed by atoms with van der Waals surface area (Å²) in [5, 5.41) is 4.38. The minimum Gasteiger partial charge on any atom is -0.255 e. The third-order valence-corrected chi connectivity index (χ3v) is 8.62. The van der Waals surface area contributed by atoms with Crippen LogP contribution < -0.4 is 0 Å². The number of fused-ring (bicyclic) bond motifs is 5. The van der Waals surface area contributed by atoms with Crippen molar-refractivity contribution >= 4 is 43.6 Å². The molecule has 0 aliphatic rings. The molecule has 0 atom stereocenters. The minimum atomic E-state index is 0.856. The fourth-order valence-corrected chi connectivity index (χ4v) is 6.24. The molecule has 214 valence electrons. The zero-order valence-corrected chi connectivity index (χ0v) is 24.7. The van der Waals surface area contributed by atoms with Gasteiger partial charge in [0, 0.05) is 45.7 Å². The van der Waals surface area contributed by atoms with Crippen molar-refractivity contribution in [2.75, 3.05) is 0 Å². The van der Waals surface area contributed by atoms with Gasteiger partial charge in [-0.1, -0.05) is 84.9 Å². The SMILES string of the molecule is c1ccc(-c2ccc3ccc(-c4ccc5ccc(-c6ccc(-c7ccnc8c7ccc7cccnc78)cc6)cc5n4)cc3n2)nc1. The molecule has 9 aromatic rings. The molecule has 0 saturated heterocycles. The van der Waals surface area contributed by atoms with Gasteiger partial charge < -0.3 is 0 Å². The molecule has 0 radical (unpaired) electrons. The largest absolute Gasteiger partial charge is 0.255 e. The zero-order valence-electron chi connectivity index (χ0n) is 24.7. The molecule has 0 aliphatic heterocycles. The van der Waals surface area contributed by atoms with E-state index in [1.165, 1.54) is 0 Å². The fourth-order valence-electron chi connectivity index (χ4n) is 6.24. The Bertz CT molecular complexity index is 2580. The number of pyridine rings is 5. The monoisotopic (exact) mass is 587 g/mol. The van der Waals surface area contributed by atoms with Crippen LogP contribution in [0.2, 0.25) is 0 Å². The Morgan fingerprint density at radius 2 is 1.00 bits per heavy atom. The molecule has 5 aromatic heterocycles. The third-order valence-electron chi connectivity index (χ3n) is 8.62. The summed E-state index contributed by atoms with van der Waals surface area (Å²) in [6, 6.07) is 46.1. The average Bonchev–Trinajstić information content (AvgIpc) is 3.14. The van der Waals surface area contributed by atoms with Crippen LogP contribution >= 0.6 is 0 Å². The first kappa shape index (κ1) is 26.1. The van der Waals surface area contributed by atoms with Crippen LogP contribution in [0.25, 0.3) is 88.5 Å². The Balaban J connectivity index is 1.05. The highest BCUT2D eigenvalue weighted by molar-refractivity contribution is 6.08. The molecule has 0 fully saturated rings. The van der Waals surface area contributed by atoms with Crippen LogP contribution in [0.15, 0.2) is 152 Å². The molecule has 4 aromatic carbocycles. The molecule has 46 heavy (non-hydrogen) atoms. The van der Waals surface area contributed by atoms with Crippen LogP contribution in [0.4, 0.5) is 0 Å². The Hall–Kier alpha value is -6.33. The second-order valence-corrected chi connectivity index (χ2v) is 11.4. The summed E-state index contributed by atoms with van der Waals surface area (Å²) in [5.41, 5.74) is 11.9. The molecule has 5 heteroatoms. The Labute approximate surface area is 264 Å². The molecule has 5 nitrogen and oxygen atoms in total. The Kier molecular flexibility index (Phi) is 6.06. The average molecular weight is 588 g/mol. The quantitative estimate of drug-likeness (QED) is 0.192. The topological polar surface area (TPSA) is 64.5 Å². The van der Waals surface area contributed by atoms with Crippen molar-refractivity contribution in [1.29, 1.82) is 0 Å². The van der Waals surface area contributed by atoms with Crippen LogP contribution in [0, 0.1) is 0 Å². The molecular weight excluding hydrogens is 562 g/mol. The summed E-state index contributed by atoms with van der Waals surface area (Å²) in [7, 11) is 0. The third kappa shape index (κ3) is 4.54. The molecule has 0 aliphatic carbocycles. The lowest BCUT2D eigenvalue weighted by molar-refractivity contribution is 1.28. The first-order chi connectivity index (χ1) is 22.8. The van der Waals surface area contributed by atoms with E-state index in [2.05, 4.69) is 118 Å². The molecule has 0 unspecified atom stereocenters. The molecule has 9 rings (SSSR count). The van der Waals surface area contributed by atoms with Gasteiger partial charge in [0.25, 0.3) is 0 Å². The van der Waals surface area contributed by atoms with Gasteiger partial charge in [0.05, 0.1) is 39.1 Å². The van der Waals surface area contributed by atoms with Crippen LogP contribution in [-0.4, -0.2) is 24.9 Å². The fraction of sp³-hybridized carbons (Fsp3) is 0. The second-order valence-electron chi connectivity index (χ2n) is 11.4. The van der Waals surface area contributed by atoms with Gasteiger partial charge in [0.2, 0.25) is 0 Å². The maximum atomic E-state index is 5.09. The van der Waals surface area contributed by atoms with E-state index in [0.717, 1.165) is 88.5 Å². The van der Waals surface area contributed by atoms with E-state index in [1.54, 1.807) is 6.20 Å². The minimum absolute atomic E-state index is 0.856. The van der Waals surface area contributed by atoms with Gasteiger partial charge >= 0.3 is 0 Å². The summed E-state index contributed by atoms with van der Waals surface area (Å²) in [6.45, 7) is 0. The molecule has 0 bridgehead atoms. The number of rotatable bonds is 4. The van der Waals surface area contributed by atoms with E-state index in [1.807, 2.05) is 42.7 Å². The van der Waals surface area contributed by atoms with E-state index < -0.39 is 0 Å². The first-order valence-electron chi connectivity index (χ1n) is 15.2. The van der Waals surface area contributed by atoms with Crippen molar-refractivity contribution in [3.63, 3.8) is 0 Å². The summed E-state index contributed by atoms with van der Waals surface area (Å²) in [4.78, 5) is 23.7. The Morgan fingerprint density at radius 1 is 0.348 bits per heavy atom. The van der Waals surface area contributed by atoms with Crippen LogP contribution in [-0.2, 0) is 0 Å². The summed E-state index contributed by atoms with van der Waals surface area (Å²) < 4.78 is 0. The molecule has 0 amide bonds. The van der Waals surface area contributed by atoms with E-state index in [4.69, 9.17) is 9.97 Å². The van der Waals surface area contributed by atoms with Gasteiger partial charge in [-0.15, -0.1) is 0 Å². The number of benzene rings is 4. The smallest absolute Gasteiger partial charge is 0.0970 e. The van der Waals surface area contributed by atoms with Gasteiger partial charge in [-0.2, -0.15) is 0 Å². The van der Waals surface area contributed by atoms with Gasteiger partial charge in [0.1, 0.15) is 0 Å². The molecule has 0 saturated carbocycles. The highest BCUT2D eigenvalue weighted by Crippen LogP contribution is 2.33. The highest BCUT2D eigenvalue weighted by Gasteiger charge is 2.11. The summed E-state index contributed by atoms with van der Waals surface area (Å²) in [6.07, 6.45) is 5.49. The lowest BCUT2D eigenvalue weighted by atomic mass is 9.97.